The lowest BCUT2D eigenvalue weighted by atomic mass is 10.1. The molecule has 0 saturated heterocycles. The molecule has 0 radical (unpaired) electrons. The van der Waals surface area contributed by atoms with Gasteiger partial charge in [-0.1, -0.05) is 61.8 Å². The Hall–Kier alpha value is -2.62. The molecule has 0 aliphatic rings. The molecule has 0 fully saturated rings. The van der Waals surface area contributed by atoms with Crippen molar-refractivity contribution in [3.05, 3.63) is 65.2 Å². The van der Waals surface area contributed by atoms with E-state index in [1.807, 2.05) is 13.8 Å². The van der Waals surface area contributed by atoms with Gasteiger partial charge in [0.1, 0.15) is 12.6 Å². The van der Waals surface area contributed by atoms with Crippen molar-refractivity contribution in [2.24, 2.45) is 5.92 Å². The second-order valence-electron chi connectivity index (χ2n) is 8.56. The fourth-order valence-corrected chi connectivity index (χ4v) is 4.41. The standard InChI is InChI=1S/C24H33ClN4O4S/c1-18(2)15-26-24(31)19(3)28(16-20-11-9-10-14-22(20)25)23(30)17-29(34(32,33)27(4)5)21-12-7-6-8-13-21/h6-14,18-19H,15-17H2,1-5H3,(H,26,31)/t19-/m1/s1. The van der Waals surface area contributed by atoms with E-state index >= 15 is 0 Å². The van der Waals surface area contributed by atoms with Gasteiger partial charge in [-0.05, 0) is 36.6 Å². The summed E-state index contributed by atoms with van der Waals surface area (Å²) in [4.78, 5) is 27.8. The van der Waals surface area contributed by atoms with Crippen molar-refractivity contribution in [1.82, 2.24) is 14.5 Å². The number of hydrogen-bond donors (Lipinski definition) is 1. The van der Waals surface area contributed by atoms with Crippen molar-refractivity contribution in [3.8, 4) is 0 Å². The topological polar surface area (TPSA) is 90.0 Å². The van der Waals surface area contributed by atoms with Crippen LogP contribution in [0.15, 0.2) is 54.6 Å². The molecule has 2 aromatic rings. The summed E-state index contributed by atoms with van der Waals surface area (Å²) in [7, 11) is -1.17. The normalized spacial score (nSPS) is 12.5. The van der Waals surface area contributed by atoms with Crippen LogP contribution in [-0.2, 0) is 26.3 Å². The zero-order valence-corrected chi connectivity index (χ0v) is 21.8. The molecule has 34 heavy (non-hydrogen) atoms. The number of anilines is 1. The average Bonchev–Trinajstić information content (AvgIpc) is 2.80. The maximum absolute atomic E-state index is 13.6. The molecule has 0 saturated carbocycles. The van der Waals surface area contributed by atoms with Gasteiger partial charge in [-0.25, -0.2) is 4.31 Å². The first-order valence-electron chi connectivity index (χ1n) is 11.0. The minimum absolute atomic E-state index is 0.0550. The number of nitrogens with one attached hydrogen (secondary N) is 1. The smallest absolute Gasteiger partial charge is 0.304 e. The van der Waals surface area contributed by atoms with E-state index in [-0.39, 0.29) is 18.4 Å². The van der Waals surface area contributed by atoms with Gasteiger partial charge in [0, 0.05) is 32.2 Å². The van der Waals surface area contributed by atoms with Crippen molar-refractivity contribution < 1.29 is 18.0 Å². The van der Waals surface area contributed by atoms with Crippen molar-refractivity contribution >= 4 is 39.3 Å². The first-order valence-corrected chi connectivity index (χ1v) is 12.8. The summed E-state index contributed by atoms with van der Waals surface area (Å²) in [5, 5.41) is 3.30. The number of amides is 2. The third kappa shape index (κ3) is 7.19. The SMILES string of the molecule is CC(C)CNC(=O)[C@@H](C)N(Cc1ccccc1Cl)C(=O)CN(c1ccccc1)S(=O)(=O)N(C)C. The van der Waals surface area contributed by atoms with Gasteiger partial charge in [0.15, 0.2) is 0 Å². The largest absolute Gasteiger partial charge is 0.354 e. The molecule has 1 N–H and O–H groups in total. The Bertz CT molecular complexity index is 1080. The fraction of sp³-hybridized carbons (Fsp3) is 0.417. The van der Waals surface area contributed by atoms with Crippen LogP contribution in [0.25, 0.3) is 0 Å². The van der Waals surface area contributed by atoms with Gasteiger partial charge in [-0.3, -0.25) is 9.59 Å². The lowest BCUT2D eigenvalue weighted by Gasteiger charge is -2.33. The third-order valence-electron chi connectivity index (χ3n) is 5.21. The van der Waals surface area contributed by atoms with Crippen molar-refractivity contribution in [2.45, 2.75) is 33.4 Å². The minimum Gasteiger partial charge on any atom is -0.354 e. The average molecular weight is 509 g/mol. The number of nitrogens with zero attached hydrogens (tertiary/aromatic N) is 3. The van der Waals surface area contributed by atoms with Gasteiger partial charge < -0.3 is 10.2 Å². The number of rotatable bonds is 11. The molecule has 0 aliphatic carbocycles. The van der Waals surface area contributed by atoms with Crippen molar-refractivity contribution in [2.75, 3.05) is 31.5 Å². The zero-order chi connectivity index (χ0) is 25.5. The van der Waals surface area contributed by atoms with E-state index in [9.17, 15) is 18.0 Å². The van der Waals surface area contributed by atoms with Crippen molar-refractivity contribution in [1.29, 1.82) is 0 Å². The molecule has 0 aliphatic heterocycles. The summed E-state index contributed by atoms with van der Waals surface area (Å²) >= 11 is 6.32. The van der Waals surface area contributed by atoms with Crippen LogP contribution >= 0.6 is 11.6 Å². The van der Waals surface area contributed by atoms with E-state index in [1.165, 1.54) is 19.0 Å². The van der Waals surface area contributed by atoms with Crippen LogP contribution in [-0.4, -0.2) is 62.7 Å². The van der Waals surface area contributed by atoms with Crippen LogP contribution < -0.4 is 9.62 Å². The van der Waals surface area contributed by atoms with E-state index in [2.05, 4.69) is 5.32 Å². The van der Waals surface area contributed by atoms with Crippen LogP contribution in [0.4, 0.5) is 5.69 Å². The molecule has 0 aromatic heterocycles. The molecule has 0 spiro atoms. The van der Waals surface area contributed by atoms with Crippen LogP contribution in [0.5, 0.6) is 0 Å². The van der Waals surface area contributed by atoms with Crippen molar-refractivity contribution in [3.63, 3.8) is 0 Å². The van der Waals surface area contributed by atoms with E-state index < -0.39 is 28.7 Å². The molecule has 0 unspecified atom stereocenters. The fourth-order valence-electron chi connectivity index (χ4n) is 3.16. The minimum atomic E-state index is -3.98. The maximum Gasteiger partial charge on any atom is 0.304 e. The second kappa shape index (κ2) is 12.2. The van der Waals surface area contributed by atoms with Gasteiger partial charge in [-0.15, -0.1) is 0 Å². The van der Waals surface area contributed by atoms with Gasteiger partial charge in [0.2, 0.25) is 11.8 Å². The van der Waals surface area contributed by atoms with E-state index in [0.29, 0.717) is 22.8 Å². The lowest BCUT2D eigenvalue weighted by Crippen LogP contribution is -2.52. The van der Waals surface area contributed by atoms with Gasteiger partial charge in [0.05, 0.1) is 5.69 Å². The number of para-hydroxylation sites is 1. The van der Waals surface area contributed by atoms with Crippen LogP contribution in [0.1, 0.15) is 26.3 Å². The predicted molar refractivity (Wildman–Crippen MR) is 136 cm³/mol. The zero-order valence-electron chi connectivity index (χ0n) is 20.2. The number of carbonyl (C=O) groups excluding carboxylic acids is 2. The first kappa shape index (κ1) is 27.6. The Morgan fingerprint density at radius 1 is 0.971 bits per heavy atom. The Morgan fingerprint density at radius 3 is 2.12 bits per heavy atom. The Labute approximate surface area is 207 Å². The lowest BCUT2D eigenvalue weighted by molar-refractivity contribution is -0.139. The molecule has 0 bridgehead atoms. The summed E-state index contributed by atoms with van der Waals surface area (Å²) in [6, 6.07) is 14.6. The van der Waals surface area contributed by atoms with E-state index in [4.69, 9.17) is 11.6 Å². The Balaban J connectivity index is 2.41. The summed E-state index contributed by atoms with van der Waals surface area (Å²) in [5.74, 6) is -0.611. The highest BCUT2D eigenvalue weighted by atomic mass is 35.5. The van der Waals surface area contributed by atoms with Crippen LogP contribution in [0.3, 0.4) is 0 Å². The van der Waals surface area contributed by atoms with E-state index in [1.54, 1.807) is 61.5 Å². The predicted octanol–water partition coefficient (Wildman–Crippen LogP) is 3.14. The number of carbonyl (C=O) groups is 2. The summed E-state index contributed by atoms with van der Waals surface area (Å²) in [5.41, 5.74) is 1.00. The molecule has 10 heteroatoms. The summed E-state index contributed by atoms with van der Waals surface area (Å²) in [6.45, 7) is 5.61. The summed E-state index contributed by atoms with van der Waals surface area (Å²) < 4.78 is 28.2. The second-order valence-corrected chi connectivity index (χ2v) is 11.0. The van der Waals surface area contributed by atoms with Crippen LogP contribution in [0, 0.1) is 5.92 Å². The van der Waals surface area contributed by atoms with Gasteiger partial charge >= 0.3 is 10.2 Å². The third-order valence-corrected chi connectivity index (χ3v) is 7.40. The molecule has 1 atom stereocenters. The van der Waals surface area contributed by atoms with Gasteiger partial charge in [-0.2, -0.15) is 12.7 Å². The molecule has 2 amide bonds. The molecule has 0 heterocycles. The molecule has 8 nitrogen and oxygen atoms in total. The number of halogens is 1. The summed E-state index contributed by atoms with van der Waals surface area (Å²) in [6.07, 6.45) is 0. The monoisotopic (exact) mass is 508 g/mol. The molecular weight excluding hydrogens is 476 g/mol. The quantitative estimate of drug-likeness (QED) is 0.505. The maximum atomic E-state index is 13.6. The Morgan fingerprint density at radius 2 is 1.56 bits per heavy atom. The number of benzene rings is 2. The number of hydrogen-bond acceptors (Lipinski definition) is 4. The first-order chi connectivity index (χ1) is 15.9. The van der Waals surface area contributed by atoms with Gasteiger partial charge in [0.25, 0.3) is 0 Å². The molecule has 186 valence electrons. The highest BCUT2D eigenvalue weighted by Crippen LogP contribution is 2.22. The highest BCUT2D eigenvalue weighted by Gasteiger charge is 2.32. The molecule has 2 aromatic carbocycles. The molecular formula is C24H33ClN4O4S. The molecule has 2 rings (SSSR count). The highest BCUT2D eigenvalue weighted by molar-refractivity contribution is 7.90. The Kier molecular flexibility index (Phi) is 9.90. The van der Waals surface area contributed by atoms with Crippen LogP contribution in [0.2, 0.25) is 5.02 Å². The van der Waals surface area contributed by atoms with E-state index in [0.717, 1.165) is 8.61 Å².